The fourth-order valence-electron chi connectivity index (χ4n) is 1.83. The van der Waals surface area contributed by atoms with Gasteiger partial charge in [0.25, 0.3) is 0 Å². The smallest absolute Gasteiger partial charge is 0.386 e. The summed E-state index contributed by atoms with van der Waals surface area (Å²) in [6.45, 7) is 8.07. The highest BCUT2D eigenvalue weighted by Crippen LogP contribution is 2.12. The number of hydrogen-bond acceptors (Lipinski definition) is 5. The van der Waals surface area contributed by atoms with E-state index in [-0.39, 0.29) is 12.2 Å². The van der Waals surface area contributed by atoms with E-state index in [0.29, 0.717) is 6.17 Å². The van der Waals surface area contributed by atoms with Crippen LogP contribution in [0.3, 0.4) is 0 Å². The van der Waals surface area contributed by atoms with Crippen LogP contribution in [-0.4, -0.2) is 33.0 Å². The maximum absolute atomic E-state index is 8.35. The van der Waals surface area contributed by atoms with Crippen molar-refractivity contribution in [3.05, 3.63) is 30.3 Å². The molecule has 0 fully saturated rings. The number of nitrogens with one attached hydrogen (secondary N) is 1. The molecule has 112 valence electrons. The molecule has 5 nitrogen and oxygen atoms in total. The van der Waals surface area contributed by atoms with Crippen molar-refractivity contribution in [2.45, 2.75) is 39.9 Å². The first-order valence-corrected chi connectivity index (χ1v) is 8.59. The Hall–Kier alpha value is -1.30. The third-order valence-corrected chi connectivity index (χ3v) is 5.79. The van der Waals surface area contributed by atoms with Crippen molar-refractivity contribution >= 4 is 19.8 Å². The zero-order valence-corrected chi connectivity index (χ0v) is 13.6. The summed E-state index contributed by atoms with van der Waals surface area (Å²) in [6.07, 6.45) is 1.42. The Kier molecular flexibility index (Phi) is 8.95. The first-order valence-electron chi connectivity index (χ1n) is 6.57. The van der Waals surface area contributed by atoms with E-state index in [1.54, 1.807) is 0 Å². The summed E-state index contributed by atoms with van der Waals surface area (Å²) in [5, 5.41) is 6.50. The Morgan fingerprint density at radius 3 is 1.85 bits per heavy atom. The summed E-state index contributed by atoms with van der Waals surface area (Å²) < 4.78 is 12.2. The van der Waals surface area contributed by atoms with Gasteiger partial charge in [-0.2, -0.15) is 0 Å². The molecule has 0 atom stereocenters. The molecule has 3 N–H and O–H groups in total. The van der Waals surface area contributed by atoms with Crippen LogP contribution < -0.4 is 10.9 Å². The van der Waals surface area contributed by atoms with Crippen LogP contribution in [0, 0.1) is 5.41 Å². The van der Waals surface area contributed by atoms with E-state index in [0.717, 1.165) is 11.3 Å². The number of carbonyl (C=O) groups excluding carboxylic acids is 1. The van der Waals surface area contributed by atoms with Crippen molar-refractivity contribution in [3.8, 4) is 0 Å². The lowest BCUT2D eigenvalue weighted by Gasteiger charge is -2.33. The van der Waals surface area contributed by atoms with Crippen LogP contribution in [-0.2, 0) is 13.6 Å². The molecule has 1 aromatic carbocycles. The van der Waals surface area contributed by atoms with Crippen LogP contribution in [0.5, 0.6) is 0 Å². The second-order valence-corrected chi connectivity index (χ2v) is 7.72. The summed E-state index contributed by atoms with van der Waals surface area (Å²) in [7, 11) is -2.49. The highest BCUT2D eigenvalue weighted by Gasteiger charge is 2.40. The van der Waals surface area contributed by atoms with Crippen LogP contribution in [0.1, 0.15) is 27.7 Å². The molecule has 0 radical (unpaired) electrons. The number of nitrogens with two attached hydrogens (primary N) is 1. The van der Waals surface area contributed by atoms with E-state index < -0.39 is 8.56 Å². The predicted molar refractivity (Wildman–Crippen MR) is 81.7 cm³/mol. The molecule has 1 rings (SSSR count). The van der Waals surface area contributed by atoms with E-state index in [4.69, 9.17) is 24.8 Å². The molecular weight excluding hydrogens is 272 g/mol. The summed E-state index contributed by atoms with van der Waals surface area (Å²) in [5.74, 6) is 0. The largest absolute Gasteiger partial charge is 0.388 e. The van der Waals surface area contributed by atoms with E-state index >= 15 is 0 Å². The second kappa shape index (κ2) is 9.58. The standard InChI is InChI=1S/C13H23NO2Si.CHNO/c1-11(2)15-17(10-14,16-12(3)4)13-8-6-5-7-9-13;2-1-3/h5-9,11-12H,10,14H2,1-4H3;2H. The third-order valence-electron chi connectivity index (χ3n) is 2.33. The Balaban J connectivity index is 0.00000110. The number of benzene rings is 1. The fourth-order valence-corrected chi connectivity index (χ4v) is 4.81. The van der Waals surface area contributed by atoms with E-state index in [2.05, 4.69) is 0 Å². The Bertz CT molecular complexity index is 394. The second-order valence-electron chi connectivity index (χ2n) is 4.76. The van der Waals surface area contributed by atoms with Crippen molar-refractivity contribution in [2.75, 3.05) is 6.17 Å². The van der Waals surface area contributed by atoms with Crippen LogP contribution >= 0.6 is 0 Å². The van der Waals surface area contributed by atoms with Gasteiger partial charge in [0.2, 0.25) is 6.08 Å². The minimum Gasteiger partial charge on any atom is -0.388 e. The maximum atomic E-state index is 8.35. The average molecular weight is 296 g/mol. The van der Waals surface area contributed by atoms with Gasteiger partial charge in [-0.15, -0.1) is 0 Å². The summed E-state index contributed by atoms with van der Waals surface area (Å²) >= 11 is 0. The molecule has 0 aliphatic heterocycles. The lowest BCUT2D eigenvalue weighted by atomic mass is 10.4. The molecule has 20 heavy (non-hydrogen) atoms. The molecule has 0 aliphatic carbocycles. The maximum Gasteiger partial charge on any atom is 0.386 e. The molecule has 0 aromatic heterocycles. The molecule has 0 saturated carbocycles. The third kappa shape index (κ3) is 6.23. The van der Waals surface area contributed by atoms with Crippen molar-refractivity contribution in [3.63, 3.8) is 0 Å². The summed E-state index contributed by atoms with van der Waals surface area (Å²) in [6, 6.07) is 10.1. The van der Waals surface area contributed by atoms with Crippen molar-refractivity contribution < 1.29 is 13.6 Å². The normalized spacial score (nSPS) is 10.9. The number of rotatable bonds is 6. The molecule has 6 heteroatoms. The molecule has 1 aromatic rings. The SMILES string of the molecule is CC(C)O[Si](CN)(OC(C)C)c1ccccc1.N=C=O. The average Bonchev–Trinajstić information content (AvgIpc) is 2.38. The van der Waals surface area contributed by atoms with Gasteiger partial charge in [0.1, 0.15) is 0 Å². The fraction of sp³-hybridized carbons (Fsp3) is 0.500. The molecular formula is C14H24N2O3Si. The predicted octanol–water partition coefficient (Wildman–Crippen LogP) is 1.58. The Labute approximate surface area is 121 Å². The van der Waals surface area contributed by atoms with E-state index in [1.807, 2.05) is 58.0 Å². The van der Waals surface area contributed by atoms with Gasteiger partial charge in [-0.1, -0.05) is 30.3 Å². The van der Waals surface area contributed by atoms with E-state index in [9.17, 15) is 0 Å². The van der Waals surface area contributed by atoms with Crippen molar-refractivity contribution in [2.24, 2.45) is 5.73 Å². The minimum atomic E-state index is -2.49. The van der Waals surface area contributed by atoms with Crippen LogP contribution in [0.15, 0.2) is 30.3 Å². The van der Waals surface area contributed by atoms with Gasteiger partial charge in [0.05, 0.1) is 0 Å². The van der Waals surface area contributed by atoms with Crippen LogP contribution in [0.4, 0.5) is 0 Å². The van der Waals surface area contributed by atoms with Crippen molar-refractivity contribution in [1.82, 2.24) is 0 Å². The summed E-state index contributed by atoms with van der Waals surface area (Å²) in [4.78, 5) is 8.35. The monoisotopic (exact) mass is 296 g/mol. The molecule has 0 amide bonds. The Morgan fingerprint density at radius 2 is 1.55 bits per heavy atom. The van der Waals surface area contributed by atoms with Gasteiger partial charge in [-0.3, -0.25) is 0 Å². The zero-order valence-electron chi connectivity index (χ0n) is 12.6. The highest BCUT2D eigenvalue weighted by molar-refractivity contribution is 6.81. The lowest BCUT2D eigenvalue weighted by molar-refractivity contribution is 0.116. The van der Waals surface area contributed by atoms with E-state index in [1.165, 1.54) is 0 Å². The van der Waals surface area contributed by atoms with Crippen LogP contribution in [0.2, 0.25) is 0 Å². The lowest BCUT2D eigenvalue weighted by Crippen LogP contribution is -2.61. The topological polar surface area (TPSA) is 85.4 Å². The molecule has 0 aliphatic rings. The van der Waals surface area contributed by atoms with Gasteiger partial charge >= 0.3 is 8.56 Å². The summed E-state index contributed by atoms with van der Waals surface area (Å²) in [5.41, 5.74) is 5.95. The molecule has 0 heterocycles. The van der Waals surface area contributed by atoms with Crippen LogP contribution in [0.25, 0.3) is 0 Å². The van der Waals surface area contributed by atoms with Gasteiger partial charge in [0, 0.05) is 18.4 Å². The van der Waals surface area contributed by atoms with Gasteiger partial charge < -0.3 is 14.6 Å². The quantitative estimate of drug-likeness (QED) is 0.474. The van der Waals surface area contributed by atoms with Gasteiger partial charge in [-0.05, 0) is 32.9 Å². The highest BCUT2D eigenvalue weighted by atomic mass is 28.4. The first-order chi connectivity index (χ1) is 9.41. The molecule has 0 saturated heterocycles. The van der Waals surface area contributed by atoms with Gasteiger partial charge in [0.15, 0.2) is 0 Å². The molecule has 0 bridgehead atoms. The number of hydrogen-bond donors (Lipinski definition) is 2. The molecule has 0 unspecified atom stereocenters. The Morgan fingerprint density at radius 1 is 1.15 bits per heavy atom. The van der Waals surface area contributed by atoms with Gasteiger partial charge in [-0.25, -0.2) is 10.2 Å². The van der Waals surface area contributed by atoms with Crippen molar-refractivity contribution in [1.29, 1.82) is 5.41 Å². The minimum absolute atomic E-state index is 0.115. The molecule has 0 spiro atoms. The first kappa shape index (κ1) is 18.7. The zero-order chi connectivity index (χ0) is 15.6. The number of isocyanates is 1.